The zero-order chi connectivity index (χ0) is 12.7. The van der Waals surface area contributed by atoms with E-state index in [1.54, 1.807) is 21.3 Å². The molecule has 1 rings (SSSR count). The summed E-state index contributed by atoms with van der Waals surface area (Å²) in [6.45, 7) is 2.12. The van der Waals surface area contributed by atoms with E-state index in [2.05, 4.69) is 6.92 Å². The molecule has 17 heavy (non-hydrogen) atoms. The number of hydrogen-bond acceptors (Lipinski definition) is 4. The van der Waals surface area contributed by atoms with Crippen molar-refractivity contribution in [2.75, 3.05) is 21.3 Å². The van der Waals surface area contributed by atoms with Crippen LogP contribution in [-0.2, 0) is 18.0 Å². The summed E-state index contributed by atoms with van der Waals surface area (Å²) in [5.74, 6) is 0. The van der Waals surface area contributed by atoms with Gasteiger partial charge in [0.2, 0.25) is 0 Å². The number of rotatable bonds is 8. The van der Waals surface area contributed by atoms with Crippen molar-refractivity contribution in [3.8, 4) is 0 Å². The number of ether oxygens (including phenoxy) is 1. The largest absolute Gasteiger partial charge is 0.505 e. The van der Waals surface area contributed by atoms with Gasteiger partial charge in [0.05, 0.1) is 0 Å². The fourth-order valence-electron chi connectivity index (χ4n) is 2.53. The Morgan fingerprint density at radius 2 is 1.71 bits per heavy atom. The summed E-state index contributed by atoms with van der Waals surface area (Å²) in [4.78, 5) is 0. The second-order valence-electron chi connectivity index (χ2n) is 4.56. The highest BCUT2D eigenvalue weighted by molar-refractivity contribution is 6.62. The van der Waals surface area contributed by atoms with Crippen molar-refractivity contribution >= 4 is 8.80 Å². The molecule has 1 fully saturated rings. The lowest BCUT2D eigenvalue weighted by atomic mass is 10.3. The van der Waals surface area contributed by atoms with Gasteiger partial charge in [0, 0.05) is 26.9 Å². The highest BCUT2D eigenvalue weighted by Crippen LogP contribution is 2.40. The van der Waals surface area contributed by atoms with Gasteiger partial charge in [-0.3, -0.25) is 0 Å². The van der Waals surface area contributed by atoms with Crippen molar-refractivity contribution in [1.29, 1.82) is 0 Å². The molecule has 1 aliphatic carbocycles. The summed E-state index contributed by atoms with van der Waals surface area (Å²) < 4.78 is 22.8. The van der Waals surface area contributed by atoms with Crippen LogP contribution in [0.3, 0.4) is 0 Å². The van der Waals surface area contributed by atoms with Crippen molar-refractivity contribution in [3.63, 3.8) is 0 Å². The molecule has 0 aromatic heterocycles. The monoisotopic (exact) mass is 262 g/mol. The quantitative estimate of drug-likeness (QED) is 0.498. The summed E-state index contributed by atoms with van der Waals surface area (Å²) >= 11 is 0. The zero-order valence-corrected chi connectivity index (χ0v) is 12.5. The Hall–Kier alpha value is 0.0569. The Bertz CT molecular complexity index is 203. The lowest BCUT2D eigenvalue weighted by molar-refractivity contribution is -0.102. The molecular weight excluding hydrogens is 236 g/mol. The molecule has 0 saturated heterocycles. The summed E-state index contributed by atoms with van der Waals surface area (Å²) in [6, 6.07) is 0. The molecule has 0 aliphatic heterocycles. The zero-order valence-electron chi connectivity index (χ0n) is 11.5. The van der Waals surface area contributed by atoms with Crippen LogP contribution in [0, 0.1) is 0 Å². The lowest BCUT2D eigenvalue weighted by Crippen LogP contribution is -2.50. The highest BCUT2D eigenvalue weighted by Gasteiger charge is 2.50. The Morgan fingerprint density at radius 1 is 1.12 bits per heavy atom. The third-order valence-electron chi connectivity index (χ3n) is 3.51. The molecule has 0 N–H and O–H groups in total. The first-order valence-corrected chi connectivity index (χ1v) is 8.33. The number of methoxy groups -OCH3 is 1. The van der Waals surface area contributed by atoms with Gasteiger partial charge in [-0.1, -0.05) is 26.2 Å². The molecule has 1 atom stereocenters. The molecule has 0 amide bonds. The molecule has 1 aliphatic rings. The van der Waals surface area contributed by atoms with Crippen LogP contribution >= 0.6 is 0 Å². The average Bonchev–Trinajstić information content (AvgIpc) is 2.89. The minimum absolute atomic E-state index is 0.202. The molecule has 1 unspecified atom stereocenters. The maximum atomic E-state index is 6.08. The van der Waals surface area contributed by atoms with Crippen LogP contribution in [0.1, 0.15) is 45.4 Å². The van der Waals surface area contributed by atoms with Crippen molar-refractivity contribution in [1.82, 2.24) is 0 Å². The van der Waals surface area contributed by atoms with E-state index in [4.69, 9.17) is 18.0 Å². The van der Waals surface area contributed by atoms with Crippen molar-refractivity contribution < 1.29 is 18.0 Å². The van der Waals surface area contributed by atoms with E-state index < -0.39 is 8.80 Å². The Morgan fingerprint density at radius 3 is 2.12 bits per heavy atom. The summed E-state index contributed by atoms with van der Waals surface area (Å²) in [6.07, 6.45) is 6.51. The van der Waals surface area contributed by atoms with Crippen LogP contribution in [0.2, 0.25) is 5.54 Å². The van der Waals surface area contributed by atoms with Gasteiger partial charge >= 0.3 is 8.80 Å². The molecule has 0 bridgehead atoms. The summed E-state index contributed by atoms with van der Waals surface area (Å²) in [7, 11) is 2.53. The van der Waals surface area contributed by atoms with Crippen molar-refractivity contribution in [3.05, 3.63) is 0 Å². The smallest absolute Gasteiger partial charge is 0.377 e. The van der Waals surface area contributed by atoms with Crippen LogP contribution < -0.4 is 0 Å². The van der Waals surface area contributed by atoms with E-state index in [1.807, 2.05) is 0 Å². The number of hydrogen-bond donors (Lipinski definition) is 0. The molecule has 0 radical (unpaired) electrons. The fraction of sp³-hybridized carbons (Fsp3) is 1.00. The maximum Gasteiger partial charge on any atom is 0.505 e. The molecule has 0 heterocycles. The Labute approximate surface area is 106 Å². The lowest BCUT2D eigenvalue weighted by Gasteiger charge is -2.34. The second-order valence-corrected chi connectivity index (χ2v) is 7.64. The standard InChI is InChI=1S/C12H26O4Si/c1-5-8-12(13-2)16-17(14-3,15-4)11-9-6-7-10-11/h11-12H,5-10H2,1-4H3. The Balaban J connectivity index is 2.68. The van der Waals surface area contributed by atoms with Gasteiger partial charge in [0.1, 0.15) is 0 Å². The van der Waals surface area contributed by atoms with Gasteiger partial charge in [-0.15, -0.1) is 0 Å². The van der Waals surface area contributed by atoms with Gasteiger partial charge in [-0.25, -0.2) is 0 Å². The highest BCUT2D eigenvalue weighted by atomic mass is 28.4. The molecule has 4 nitrogen and oxygen atoms in total. The van der Waals surface area contributed by atoms with E-state index in [-0.39, 0.29) is 6.29 Å². The summed E-state index contributed by atoms with van der Waals surface area (Å²) in [5.41, 5.74) is 0.437. The first-order valence-electron chi connectivity index (χ1n) is 6.53. The first kappa shape index (κ1) is 15.1. The summed E-state index contributed by atoms with van der Waals surface area (Å²) in [5, 5.41) is 0. The average molecular weight is 262 g/mol. The van der Waals surface area contributed by atoms with Crippen LogP contribution in [0.15, 0.2) is 0 Å². The minimum Gasteiger partial charge on any atom is -0.377 e. The van der Waals surface area contributed by atoms with E-state index >= 15 is 0 Å². The van der Waals surface area contributed by atoms with Crippen LogP contribution in [0.25, 0.3) is 0 Å². The normalized spacial score (nSPS) is 19.8. The van der Waals surface area contributed by atoms with Crippen molar-refractivity contribution in [2.45, 2.75) is 57.3 Å². The molecule has 0 aromatic carbocycles. The SMILES string of the molecule is CCCC(OC)O[Si](OC)(OC)C1CCCC1. The molecule has 5 heteroatoms. The van der Waals surface area contributed by atoms with Crippen molar-refractivity contribution in [2.24, 2.45) is 0 Å². The topological polar surface area (TPSA) is 36.9 Å². The van der Waals surface area contributed by atoms with Gasteiger partial charge in [0.25, 0.3) is 0 Å². The second kappa shape index (κ2) is 7.48. The predicted octanol–water partition coefficient (Wildman–Crippen LogP) is 2.95. The maximum absolute atomic E-state index is 6.08. The molecule has 0 aromatic rings. The molecule has 102 valence electrons. The van der Waals surface area contributed by atoms with Gasteiger partial charge in [-0.2, -0.15) is 0 Å². The molecular formula is C12H26O4Si. The van der Waals surface area contributed by atoms with Gasteiger partial charge < -0.3 is 18.0 Å². The molecule has 1 saturated carbocycles. The van der Waals surface area contributed by atoms with Crippen LogP contribution in [-0.4, -0.2) is 36.4 Å². The van der Waals surface area contributed by atoms with Crippen LogP contribution in [0.5, 0.6) is 0 Å². The van der Waals surface area contributed by atoms with E-state index in [1.165, 1.54) is 12.8 Å². The first-order chi connectivity index (χ1) is 8.22. The van der Waals surface area contributed by atoms with Gasteiger partial charge in [-0.05, 0) is 19.3 Å². The van der Waals surface area contributed by atoms with Crippen LogP contribution in [0.4, 0.5) is 0 Å². The van der Waals surface area contributed by atoms with E-state index in [0.29, 0.717) is 5.54 Å². The van der Waals surface area contributed by atoms with E-state index in [9.17, 15) is 0 Å². The van der Waals surface area contributed by atoms with E-state index in [0.717, 1.165) is 25.7 Å². The molecule has 0 spiro atoms. The minimum atomic E-state index is -2.56. The third-order valence-corrected chi connectivity index (χ3v) is 6.81. The predicted molar refractivity (Wildman–Crippen MR) is 68.8 cm³/mol. The Kier molecular flexibility index (Phi) is 6.65. The third kappa shape index (κ3) is 3.76. The fourth-order valence-corrected chi connectivity index (χ4v) is 5.45. The van der Waals surface area contributed by atoms with Gasteiger partial charge in [0.15, 0.2) is 6.29 Å².